The van der Waals surface area contributed by atoms with E-state index in [0.717, 1.165) is 22.0 Å². The maximum absolute atomic E-state index is 12.5. The number of furan rings is 1. The highest BCUT2D eigenvalue weighted by atomic mass is 35.5. The van der Waals surface area contributed by atoms with Crippen LogP contribution in [0, 0.1) is 0 Å². The smallest absolute Gasteiger partial charge is 0.408 e. The maximum Gasteiger partial charge on any atom is 0.408 e. The Morgan fingerprint density at radius 3 is 2.67 bits per heavy atom. The number of halogens is 1. The minimum absolute atomic E-state index is 0.209. The Labute approximate surface area is 231 Å². The number of aromatic amines is 1. The van der Waals surface area contributed by atoms with Crippen LogP contribution >= 0.6 is 11.6 Å². The standard InChI is InChI=1S/C30H29ClN4O4/c1-30(2,3)39-29(36)33-21(14-19-8-5-4-6-9-19)18-38-22-16-23(28(31)32-17-22)20-11-12-25-24(15-20)27(35-34-25)26-10-7-13-37-26/h4-13,15-17,21H,14,18H2,1-3H3,(H,33,36)(H,34,35)/t21-/m1/s1. The number of nitrogens with zero attached hydrogens (tertiary/aromatic N) is 2. The van der Waals surface area contributed by atoms with Gasteiger partial charge in [-0.05, 0) is 68.7 Å². The first-order valence-electron chi connectivity index (χ1n) is 12.6. The van der Waals surface area contributed by atoms with Crippen molar-refractivity contribution in [3.8, 4) is 28.3 Å². The topological polar surface area (TPSA) is 102 Å². The van der Waals surface area contributed by atoms with Gasteiger partial charge in [0.05, 0.1) is 24.0 Å². The Bertz CT molecular complexity index is 1560. The van der Waals surface area contributed by atoms with Gasteiger partial charge in [-0.25, -0.2) is 9.78 Å². The fourth-order valence-corrected chi connectivity index (χ4v) is 4.43. The quantitative estimate of drug-likeness (QED) is 0.203. The second-order valence-electron chi connectivity index (χ2n) is 10.2. The molecule has 0 saturated carbocycles. The fourth-order valence-electron chi connectivity index (χ4n) is 4.21. The van der Waals surface area contributed by atoms with Crippen LogP contribution in [0.5, 0.6) is 5.75 Å². The summed E-state index contributed by atoms with van der Waals surface area (Å²) in [6.45, 7) is 5.69. The van der Waals surface area contributed by atoms with Gasteiger partial charge in [0.2, 0.25) is 0 Å². The molecule has 3 heterocycles. The first kappa shape index (κ1) is 26.3. The van der Waals surface area contributed by atoms with Crippen molar-refractivity contribution in [3.63, 3.8) is 0 Å². The zero-order valence-corrected chi connectivity index (χ0v) is 22.7. The lowest BCUT2D eigenvalue weighted by Crippen LogP contribution is -2.43. The van der Waals surface area contributed by atoms with Gasteiger partial charge in [0.25, 0.3) is 0 Å². The summed E-state index contributed by atoms with van der Waals surface area (Å²) in [5, 5.41) is 11.6. The number of fused-ring (bicyclic) bond motifs is 1. The number of amides is 1. The molecular weight excluding hydrogens is 516 g/mol. The highest BCUT2D eigenvalue weighted by molar-refractivity contribution is 6.32. The summed E-state index contributed by atoms with van der Waals surface area (Å²) in [4.78, 5) is 16.9. The van der Waals surface area contributed by atoms with E-state index in [0.29, 0.717) is 34.3 Å². The van der Waals surface area contributed by atoms with Gasteiger partial charge in [-0.15, -0.1) is 0 Å². The molecule has 5 rings (SSSR count). The lowest BCUT2D eigenvalue weighted by atomic mass is 10.0. The second-order valence-corrected chi connectivity index (χ2v) is 10.5. The minimum Gasteiger partial charge on any atom is -0.490 e. The highest BCUT2D eigenvalue weighted by Crippen LogP contribution is 2.34. The van der Waals surface area contributed by atoms with E-state index in [1.165, 1.54) is 0 Å². The Kier molecular flexibility index (Phi) is 7.56. The van der Waals surface area contributed by atoms with Crippen LogP contribution in [-0.4, -0.2) is 39.5 Å². The SMILES string of the molecule is CC(C)(C)OC(=O)N[C@@H](COc1cnc(Cl)c(-c2ccc3[nH]nc(-c4ccco4)c3c2)c1)Cc1ccccc1. The summed E-state index contributed by atoms with van der Waals surface area (Å²) in [5.74, 6) is 1.19. The molecule has 0 spiro atoms. The third-order valence-electron chi connectivity index (χ3n) is 5.94. The molecular formula is C30H29ClN4O4. The Morgan fingerprint density at radius 1 is 1.10 bits per heavy atom. The largest absolute Gasteiger partial charge is 0.490 e. The molecule has 5 aromatic rings. The molecule has 0 aliphatic heterocycles. The summed E-state index contributed by atoms with van der Waals surface area (Å²) >= 11 is 6.51. The van der Waals surface area contributed by atoms with Crippen molar-refractivity contribution in [3.05, 3.63) is 89.9 Å². The van der Waals surface area contributed by atoms with E-state index < -0.39 is 11.7 Å². The molecule has 0 saturated heterocycles. The van der Waals surface area contributed by atoms with E-state index in [9.17, 15) is 4.79 Å². The van der Waals surface area contributed by atoms with Crippen molar-refractivity contribution in [2.45, 2.75) is 38.8 Å². The van der Waals surface area contributed by atoms with Gasteiger partial charge in [0.1, 0.15) is 28.8 Å². The van der Waals surface area contributed by atoms with E-state index in [2.05, 4.69) is 20.5 Å². The molecule has 0 aliphatic carbocycles. The number of ether oxygens (including phenoxy) is 2. The van der Waals surface area contributed by atoms with Crippen molar-refractivity contribution in [2.75, 3.05) is 6.61 Å². The number of nitrogens with one attached hydrogen (secondary N) is 2. The summed E-state index contributed by atoms with van der Waals surface area (Å²) in [6, 6.07) is 21.0. The summed E-state index contributed by atoms with van der Waals surface area (Å²) in [5.41, 5.74) is 3.61. The Balaban J connectivity index is 1.37. The number of hydrogen-bond donors (Lipinski definition) is 2. The van der Waals surface area contributed by atoms with Crippen molar-refractivity contribution < 1.29 is 18.7 Å². The number of benzene rings is 2. The average molecular weight is 545 g/mol. The predicted octanol–water partition coefficient (Wildman–Crippen LogP) is 7.05. The maximum atomic E-state index is 12.5. The van der Waals surface area contributed by atoms with Crippen LogP contribution in [0.2, 0.25) is 5.15 Å². The van der Waals surface area contributed by atoms with Crippen LogP contribution in [0.25, 0.3) is 33.5 Å². The molecule has 9 heteroatoms. The summed E-state index contributed by atoms with van der Waals surface area (Å²) < 4.78 is 17.1. The number of alkyl carbamates (subject to hydrolysis) is 1. The van der Waals surface area contributed by atoms with E-state index in [4.69, 9.17) is 25.5 Å². The fraction of sp³-hybridized carbons (Fsp3) is 0.233. The Hall–Kier alpha value is -4.30. The van der Waals surface area contributed by atoms with Crippen LogP contribution < -0.4 is 10.1 Å². The number of carbonyl (C=O) groups is 1. The third-order valence-corrected chi connectivity index (χ3v) is 6.24. The first-order chi connectivity index (χ1) is 18.7. The summed E-state index contributed by atoms with van der Waals surface area (Å²) in [6.07, 6.45) is 3.26. The van der Waals surface area contributed by atoms with E-state index in [-0.39, 0.29) is 12.6 Å². The normalized spacial score (nSPS) is 12.3. The highest BCUT2D eigenvalue weighted by Gasteiger charge is 2.21. The van der Waals surface area contributed by atoms with E-state index in [1.54, 1.807) is 12.5 Å². The van der Waals surface area contributed by atoms with Crippen LogP contribution in [0.15, 0.2) is 83.6 Å². The third kappa shape index (κ3) is 6.59. The van der Waals surface area contributed by atoms with Gasteiger partial charge < -0.3 is 19.2 Å². The second kappa shape index (κ2) is 11.2. The van der Waals surface area contributed by atoms with E-state index >= 15 is 0 Å². The minimum atomic E-state index is -0.607. The van der Waals surface area contributed by atoms with Gasteiger partial charge in [-0.3, -0.25) is 5.10 Å². The van der Waals surface area contributed by atoms with Gasteiger partial charge >= 0.3 is 6.09 Å². The lowest BCUT2D eigenvalue weighted by molar-refractivity contribution is 0.0487. The number of carbonyl (C=O) groups excluding carboxylic acids is 1. The first-order valence-corrected chi connectivity index (χ1v) is 13.0. The summed E-state index contributed by atoms with van der Waals surface area (Å²) in [7, 11) is 0. The molecule has 0 unspecified atom stereocenters. The van der Waals surface area contributed by atoms with Gasteiger partial charge in [0.15, 0.2) is 5.76 Å². The number of H-pyrrole nitrogens is 1. The predicted molar refractivity (Wildman–Crippen MR) is 151 cm³/mol. The lowest BCUT2D eigenvalue weighted by Gasteiger charge is -2.24. The van der Waals surface area contributed by atoms with Gasteiger partial charge in [-0.1, -0.05) is 48.0 Å². The van der Waals surface area contributed by atoms with Crippen molar-refractivity contribution >= 4 is 28.6 Å². The molecule has 0 bridgehead atoms. The van der Waals surface area contributed by atoms with Gasteiger partial charge in [0, 0.05) is 10.9 Å². The number of pyridine rings is 1. The molecule has 1 atom stereocenters. The molecule has 39 heavy (non-hydrogen) atoms. The van der Waals surface area contributed by atoms with Crippen molar-refractivity contribution in [1.82, 2.24) is 20.5 Å². The number of hydrogen-bond acceptors (Lipinski definition) is 6. The van der Waals surface area contributed by atoms with Crippen LogP contribution in [-0.2, 0) is 11.2 Å². The zero-order chi connectivity index (χ0) is 27.4. The molecule has 0 aliphatic rings. The molecule has 8 nitrogen and oxygen atoms in total. The van der Waals surface area contributed by atoms with Gasteiger partial charge in [-0.2, -0.15) is 5.10 Å². The van der Waals surface area contributed by atoms with E-state index in [1.807, 2.05) is 87.5 Å². The molecule has 2 N–H and O–H groups in total. The van der Waals surface area contributed by atoms with Crippen LogP contribution in [0.1, 0.15) is 26.3 Å². The molecule has 0 fully saturated rings. The monoisotopic (exact) mass is 544 g/mol. The molecule has 2 aromatic carbocycles. The molecule has 0 radical (unpaired) electrons. The van der Waals surface area contributed by atoms with Crippen LogP contribution in [0.3, 0.4) is 0 Å². The van der Waals surface area contributed by atoms with Crippen molar-refractivity contribution in [1.29, 1.82) is 0 Å². The zero-order valence-electron chi connectivity index (χ0n) is 21.9. The molecule has 1 amide bonds. The van der Waals surface area contributed by atoms with Crippen LogP contribution in [0.4, 0.5) is 4.79 Å². The van der Waals surface area contributed by atoms with Crippen molar-refractivity contribution in [2.24, 2.45) is 0 Å². The molecule has 3 aromatic heterocycles. The Morgan fingerprint density at radius 2 is 1.92 bits per heavy atom. The molecule has 200 valence electrons. The number of rotatable bonds is 8. The number of aromatic nitrogens is 3. The average Bonchev–Trinajstić information content (AvgIpc) is 3.57.